The van der Waals surface area contributed by atoms with E-state index in [1.54, 1.807) is 10.8 Å². The number of hydrogen-bond donors (Lipinski definition) is 3. The van der Waals surface area contributed by atoms with Gasteiger partial charge in [-0.1, -0.05) is 11.6 Å². The molecule has 1 heterocycles. The number of amides is 1. The third-order valence-corrected chi connectivity index (χ3v) is 5.83. The Kier molecular flexibility index (Phi) is 6.50. The van der Waals surface area contributed by atoms with Crippen LogP contribution in [0.3, 0.4) is 0 Å². The molecule has 3 N–H and O–H groups in total. The van der Waals surface area contributed by atoms with Gasteiger partial charge in [0.2, 0.25) is 15.9 Å². The van der Waals surface area contributed by atoms with Gasteiger partial charge in [-0.05, 0) is 48.5 Å². The number of carboxylic acids is 1. The summed E-state index contributed by atoms with van der Waals surface area (Å²) >= 11 is 5.81. The molecule has 0 saturated carbocycles. The van der Waals surface area contributed by atoms with Crippen LogP contribution in [0.25, 0.3) is 0 Å². The van der Waals surface area contributed by atoms with Crippen molar-refractivity contribution in [3.63, 3.8) is 0 Å². The number of rotatable bonds is 8. The summed E-state index contributed by atoms with van der Waals surface area (Å²) in [7, 11) is -4.02. The number of aromatic carboxylic acids is 1. The van der Waals surface area contributed by atoms with Crippen LogP contribution in [0.15, 0.2) is 72.1 Å². The highest BCUT2D eigenvalue weighted by Crippen LogP contribution is 2.15. The molecule has 11 heteroatoms. The summed E-state index contributed by atoms with van der Waals surface area (Å²) in [5.41, 5.74) is 0.387. The van der Waals surface area contributed by atoms with Gasteiger partial charge in [0.15, 0.2) is 0 Å². The Labute approximate surface area is 177 Å². The first-order chi connectivity index (χ1) is 14.2. The molecule has 1 atom stereocenters. The Morgan fingerprint density at radius 1 is 1.10 bits per heavy atom. The maximum Gasteiger partial charge on any atom is 0.335 e. The molecule has 0 aliphatic rings. The number of halogens is 1. The third-order valence-electron chi connectivity index (χ3n) is 4.09. The fraction of sp³-hybridized carbons (Fsp3) is 0.105. The van der Waals surface area contributed by atoms with Gasteiger partial charge in [0, 0.05) is 29.6 Å². The van der Waals surface area contributed by atoms with Crippen molar-refractivity contribution in [1.82, 2.24) is 14.3 Å². The molecule has 2 aromatic carbocycles. The van der Waals surface area contributed by atoms with Crippen molar-refractivity contribution in [3.05, 3.63) is 77.8 Å². The van der Waals surface area contributed by atoms with E-state index in [4.69, 9.17) is 16.7 Å². The topological polar surface area (TPSA) is 130 Å². The van der Waals surface area contributed by atoms with Gasteiger partial charge in [0.1, 0.15) is 6.04 Å². The minimum absolute atomic E-state index is 0.00807. The summed E-state index contributed by atoms with van der Waals surface area (Å²) in [6, 6.07) is 9.88. The number of imidazole rings is 1. The van der Waals surface area contributed by atoms with E-state index in [9.17, 15) is 18.0 Å². The lowest BCUT2D eigenvalue weighted by atomic mass is 10.2. The number of nitrogens with zero attached hydrogens (tertiary/aromatic N) is 2. The Morgan fingerprint density at radius 2 is 1.77 bits per heavy atom. The normalized spacial score (nSPS) is 12.3. The zero-order valence-electron chi connectivity index (χ0n) is 15.4. The number of hydrogen-bond acceptors (Lipinski definition) is 5. The number of carbonyl (C=O) groups excluding carboxylic acids is 1. The molecule has 0 bridgehead atoms. The van der Waals surface area contributed by atoms with Crippen molar-refractivity contribution in [3.8, 4) is 0 Å². The third kappa shape index (κ3) is 5.44. The molecule has 0 aliphatic heterocycles. The van der Waals surface area contributed by atoms with Crippen molar-refractivity contribution in [1.29, 1.82) is 0 Å². The van der Waals surface area contributed by atoms with Crippen LogP contribution in [0, 0.1) is 0 Å². The molecule has 0 unspecified atom stereocenters. The largest absolute Gasteiger partial charge is 0.478 e. The van der Waals surface area contributed by atoms with E-state index in [-0.39, 0.29) is 17.0 Å². The Hall–Kier alpha value is -3.21. The maximum atomic E-state index is 12.8. The van der Waals surface area contributed by atoms with Crippen LogP contribution in [0.2, 0.25) is 5.02 Å². The van der Waals surface area contributed by atoms with Gasteiger partial charge in [-0.3, -0.25) is 4.79 Å². The van der Waals surface area contributed by atoms with E-state index in [0.29, 0.717) is 10.7 Å². The molecular formula is C19H17ClN4O5S. The minimum Gasteiger partial charge on any atom is -0.478 e. The molecule has 156 valence electrons. The quantitative estimate of drug-likeness (QED) is 0.484. The van der Waals surface area contributed by atoms with Gasteiger partial charge < -0.3 is 15.0 Å². The fourth-order valence-corrected chi connectivity index (χ4v) is 3.89. The van der Waals surface area contributed by atoms with E-state index in [1.165, 1.54) is 61.1 Å². The maximum absolute atomic E-state index is 12.8. The number of benzene rings is 2. The second kappa shape index (κ2) is 9.08. The van der Waals surface area contributed by atoms with E-state index < -0.39 is 27.9 Å². The van der Waals surface area contributed by atoms with Crippen LogP contribution >= 0.6 is 11.6 Å². The first kappa shape index (κ1) is 21.5. The number of anilines is 1. The second-order valence-corrected chi connectivity index (χ2v) is 8.41. The lowest BCUT2D eigenvalue weighted by Crippen LogP contribution is -2.46. The Morgan fingerprint density at radius 3 is 2.33 bits per heavy atom. The molecule has 0 aliphatic carbocycles. The van der Waals surface area contributed by atoms with Crippen LogP contribution in [-0.4, -0.2) is 41.0 Å². The average Bonchev–Trinajstić information content (AvgIpc) is 3.21. The molecule has 0 radical (unpaired) electrons. The van der Waals surface area contributed by atoms with Crippen LogP contribution in [0.1, 0.15) is 10.4 Å². The standard InChI is InChI=1S/C19H17ClN4O5S/c20-14-3-7-16(8-4-14)30(28,29)23-17(11-24-10-9-21-12-24)18(25)22-15-5-1-13(2-6-15)19(26)27/h1-10,12,17,23H,11H2,(H,22,25)(H,26,27)/t17-/m0/s1. The highest BCUT2D eigenvalue weighted by Gasteiger charge is 2.26. The SMILES string of the molecule is O=C(O)c1ccc(NC(=O)[C@H](Cn2ccnc2)NS(=O)(=O)c2ccc(Cl)cc2)cc1. The predicted octanol–water partition coefficient (Wildman–Crippen LogP) is 2.22. The Bertz CT molecular complexity index is 1130. The molecule has 3 aromatic rings. The molecular weight excluding hydrogens is 432 g/mol. The smallest absolute Gasteiger partial charge is 0.335 e. The monoisotopic (exact) mass is 448 g/mol. The number of nitrogens with one attached hydrogen (secondary N) is 2. The Balaban J connectivity index is 1.81. The predicted molar refractivity (Wildman–Crippen MR) is 110 cm³/mol. The average molecular weight is 449 g/mol. The molecule has 30 heavy (non-hydrogen) atoms. The summed E-state index contributed by atoms with van der Waals surface area (Å²) in [6.45, 7) is -0.00807. The number of carbonyl (C=O) groups is 2. The van der Waals surface area contributed by atoms with Crippen molar-refractivity contribution in [2.75, 3.05) is 5.32 Å². The number of aromatic nitrogens is 2. The molecule has 3 rings (SSSR count). The van der Waals surface area contributed by atoms with Gasteiger partial charge in [-0.2, -0.15) is 4.72 Å². The molecule has 1 amide bonds. The molecule has 0 saturated heterocycles. The summed E-state index contributed by atoms with van der Waals surface area (Å²) in [5, 5.41) is 11.9. The first-order valence-corrected chi connectivity index (χ1v) is 10.5. The summed E-state index contributed by atoms with van der Waals surface area (Å²) in [6.07, 6.45) is 4.56. The van der Waals surface area contributed by atoms with E-state index in [2.05, 4.69) is 15.0 Å². The van der Waals surface area contributed by atoms with E-state index >= 15 is 0 Å². The second-order valence-electron chi connectivity index (χ2n) is 6.26. The van der Waals surface area contributed by atoms with Crippen LogP contribution in [0.5, 0.6) is 0 Å². The first-order valence-electron chi connectivity index (χ1n) is 8.62. The summed E-state index contributed by atoms with van der Waals surface area (Å²) < 4.78 is 29.4. The zero-order chi connectivity index (χ0) is 21.7. The van der Waals surface area contributed by atoms with Crippen molar-refractivity contribution >= 4 is 39.2 Å². The minimum atomic E-state index is -4.02. The van der Waals surface area contributed by atoms with Gasteiger partial charge >= 0.3 is 5.97 Å². The summed E-state index contributed by atoms with van der Waals surface area (Å²) in [5.74, 6) is -1.72. The highest BCUT2D eigenvalue weighted by atomic mass is 35.5. The molecule has 0 spiro atoms. The molecule has 9 nitrogen and oxygen atoms in total. The lowest BCUT2D eigenvalue weighted by Gasteiger charge is -2.19. The van der Waals surface area contributed by atoms with Gasteiger partial charge in [0.25, 0.3) is 0 Å². The van der Waals surface area contributed by atoms with Crippen LogP contribution in [0.4, 0.5) is 5.69 Å². The van der Waals surface area contributed by atoms with Crippen LogP contribution in [-0.2, 0) is 21.4 Å². The van der Waals surface area contributed by atoms with Gasteiger partial charge in [-0.15, -0.1) is 0 Å². The number of carboxylic acid groups (broad SMARTS) is 1. The molecule has 0 fully saturated rings. The zero-order valence-corrected chi connectivity index (χ0v) is 17.0. The highest BCUT2D eigenvalue weighted by molar-refractivity contribution is 7.89. The van der Waals surface area contributed by atoms with Gasteiger partial charge in [-0.25, -0.2) is 18.2 Å². The summed E-state index contributed by atoms with van der Waals surface area (Å²) in [4.78, 5) is 27.6. The van der Waals surface area contributed by atoms with Crippen molar-refractivity contribution < 1.29 is 23.1 Å². The van der Waals surface area contributed by atoms with E-state index in [0.717, 1.165) is 0 Å². The van der Waals surface area contributed by atoms with Gasteiger partial charge in [0.05, 0.1) is 16.8 Å². The van der Waals surface area contributed by atoms with E-state index in [1.807, 2.05) is 0 Å². The molecule has 1 aromatic heterocycles. The van der Waals surface area contributed by atoms with Crippen molar-refractivity contribution in [2.24, 2.45) is 0 Å². The number of sulfonamides is 1. The lowest BCUT2D eigenvalue weighted by molar-refractivity contribution is -0.118. The fourth-order valence-electron chi connectivity index (χ4n) is 2.57. The van der Waals surface area contributed by atoms with Crippen LogP contribution < -0.4 is 10.0 Å². The van der Waals surface area contributed by atoms with Crippen molar-refractivity contribution in [2.45, 2.75) is 17.5 Å².